The number of nitrogens with zero attached hydrogens (tertiary/aromatic N) is 4. The Labute approximate surface area is 336 Å². The summed E-state index contributed by atoms with van der Waals surface area (Å²) in [6.07, 6.45) is 8.12. The number of hydrogen-bond donors (Lipinski definition) is 1. The number of benzene rings is 4. The zero-order valence-electron chi connectivity index (χ0n) is 31.4. The second kappa shape index (κ2) is 18.0. The Kier molecular flexibility index (Phi) is 12.6. The van der Waals surface area contributed by atoms with Crippen LogP contribution >= 0.6 is 0 Å². The van der Waals surface area contributed by atoms with Crippen molar-refractivity contribution in [2.75, 3.05) is 11.4 Å². The molecule has 5 aromatic rings. The van der Waals surface area contributed by atoms with E-state index in [1.165, 1.54) is 24.4 Å². The van der Waals surface area contributed by atoms with Gasteiger partial charge in [0.1, 0.15) is 18.4 Å². The van der Waals surface area contributed by atoms with Gasteiger partial charge in [0.05, 0.1) is 36.3 Å². The van der Waals surface area contributed by atoms with Crippen molar-refractivity contribution in [1.82, 2.24) is 19.8 Å². The molecule has 7 rings (SSSR count). The first kappa shape index (κ1) is 41.4. The monoisotopic (exact) mass is 835 g/mol. The summed E-state index contributed by atoms with van der Waals surface area (Å²) in [5.74, 6) is -13.9. The van der Waals surface area contributed by atoms with Crippen LogP contribution in [0.1, 0.15) is 77.3 Å². The summed E-state index contributed by atoms with van der Waals surface area (Å²) < 4.78 is 106. The number of rotatable bonds is 14. The molecule has 1 aliphatic heterocycles. The maximum atomic E-state index is 14.8. The summed E-state index contributed by atoms with van der Waals surface area (Å²) in [7, 11) is -5.45. The third kappa shape index (κ3) is 8.96. The number of amides is 2. The number of carbonyl (C=O) groups excluding carboxylic acids is 2. The van der Waals surface area contributed by atoms with Crippen LogP contribution < -0.4 is 15.1 Å². The van der Waals surface area contributed by atoms with Gasteiger partial charge in [-0.15, -0.1) is 0 Å². The Balaban J connectivity index is 1.23. The summed E-state index contributed by atoms with van der Waals surface area (Å²) in [4.78, 5) is 41.7. The van der Waals surface area contributed by atoms with Crippen molar-refractivity contribution >= 4 is 27.5 Å². The van der Waals surface area contributed by atoms with Crippen molar-refractivity contribution in [2.24, 2.45) is 0 Å². The molecule has 308 valence electrons. The minimum absolute atomic E-state index is 0.00295. The Bertz CT molecular complexity index is 2400. The number of sulfonamides is 1. The highest BCUT2D eigenvalue weighted by atomic mass is 32.2. The number of hydrogen-bond acceptors (Lipinski definition) is 8. The van der Waals surface area contributed by atoms with Crippen molar-refractivity contribution in [3.8, 4) is 5.75 Å². The highest BCUT2D eigenvalue weighted by Crippen LogP contribution is 2.36. The van der Waals surface area contributed by atoms with E-state index >= 15 is 0 Å². The number of halogens is 5. The Morgan fingerprint density at radius 2 is 1.39 bits per heavy atom. The molecule has 0 bridgehead atoms. The third-order valence-electron chi connectivity index (χ3n) is 10.3. The summed E-state index contributed by atoms with van der Waals surface area (Å²) in [6, 6.07) is 20.6. The van der Waals surface area contributed by atoms with Gasteiger partial charge in [-0.1, -0.05) is 79.9 Å². The first-order chi connectivity index (χ1) is 28.4. The molecule has 4 aromatic carbocycles. The summed E-state index contributed by atoms with van der Waals surface area (Å²) in [5.41, 5.74) is 5.11. The molecule has 1 unspecified atom stereocenters. The minimum atomic E-state index is -5.45. The lowest BCUT2D eigenvalue weighted by molar-refractivity contribution is -0.125. The van der Waals surface area contributed by atoms with Gasteiger partial charge in [-0.25, -0.2) is 35.8 Å². The van der Waals surface area contributed by atoms with Crippen LogP contribution in [0.25, 0.3) is 0 Å². The van der Waals surface area contributed by atoms with Crippen LogP contribution in [0.2, 0.25) is 0 Å². The van der Waals surface area contributed by atoms with Crippen molar-refractivity contribution in [3.63, 3.8) is 0 Å². The lowest BCUT2D eigenvalue weighted by Crippen LogP contribution is -2.59. The smallest absolute Gasteiger partial charge is 0.278 e. The van der Waals surface area contributed by atoms with Crippen LogP contribution in [0, 0.1) is 29.1 Å². The zero-order valence-corrected chi connectivity index (χ0v) is 32.2. The Hall–Kier alpha value is -5.78. The highest BCUT2D eigenvalue weighted by molar-refractivity contribution is 7.89. The maximum Gasteiger partial charge on any atom is 0.278 e. The van der Waals surface area contributed by atoms with Crippen LogP contribution in [0.5, 0.6) is 5.75 Å². The van der Waals surface area contributed by atoms with Crippen molar-refractivity contribution in [3.05, 3.63) is 148 Å². The van der Waals surface area contributed by atoms with E-state index in [9.17, 15) is 40.0 Å². The molecular formula is C42H38F5N5O6S. The first-order valence-corrected chi connectivity index (χ1v) is 20.3. The average molecular weight is 836 g/mol. The van der Waals surface area contributed by atoms with Gasteiger partial charge in [0.15, 0.2) is 28.2 Å². The van der Waals surface area contributed by atoms with Crippen LogP contribution in [0.4, 0.5) is 27.6 Å². The number of ether oxygens (including phenoxy) is 1. The van der Waals surface area contributed by atoms with Gasteiger partial charge < -0.3 is 9.64 Å². The predicted molar refractivity (Wildman–Crippen MR) is 203 cm³/mol. The molecule has 2 aliphatic rings. The number of anilines is 1. The van der Waals surface area contributed by atoms with Gasteiger partial charge in [-0.2, -0.15) is 4.31 Å². The van der Waals surface area contributed by atoms with Crippen LogP contribution in [-0.2, 0) is 39.4 Å². The van der Waals surface area contributed by atoms with Gasteiger partial charge >= 0.3 is 0 Å². The lowest BCUT2D eigenvalue weighted by atomic mass is 9.87. The molecule has 1 N–H and O–H groups in total. The van der Waals surface area contributed by atoms with E-state index in [4.69, 9.17) is 9.57 Å². The van der Waals surface area contributed by atoms with Crippen LogP contribution in [-0.4, -0.2) is 47.1 Å². The normalized spacial score (nSPS) is 16.0. The standard InChI is InChI=1S/C42H38F5N5O6S/c43-35-36(44)38(46)40(39(47)37(35)45)59(55,56)52-19-18-33(52)42(54)51(23-29-21-49-32(22-48-29)28-14-8-3-9-15-28)30-16-17-31(34(20-30)57-24-26-10-4-1-5-11-26)41(53)50-58-25-27-12-6-2-7-13-27/h1-2,4-7,10-13,16-17,20-22,28,33H,3,8-9,14-15,18-19,23-25H2,(H,50,53). The molecule has 2 fully saturated rings. The van der Waals surface area contributed by atoms with Gasteiger partial charge in [-0.05, 0) is 42.5 Å². The highest BCUT2D eigenvalue weighted by Gasteiger charge is 2.48. The van der Waals surface area contributed by atoms with Gasteiger partial charge in [0.2, 0.25) is 21.7 Å². The quantitative estimate of drug-likeness (QED) is 0.0523. The molecule has 17 heteroatoms. The van der Waals surface area contributed by atoms with E-state index in [2.05, 4.69) is 15.4 Å². The summed E-state index contributed by atoms with van der Waals surface area (Å²) >= 11 is 0. The molecule has 2 heterocycles. The molecule has 1 saturated heterocycles. The fraction of sp³-hybridized carbons (Fsp3) is 0.286. The number of aromatic nitrogens is 2. The van der Waals surface area contributed by atoms with Gasteiger partial charge in [0, 0.05) is 30.4 Å². The van der Waals surface area contributed by atoms with Crippen molar-refractivity contribution in [2.45, 2.75) is 75.1 Å². The molecule has 0 spiro atoms. The maximum absolute atomic E-state index is 14.8. The first-order valence-electron chi connectivity index (χ1n) is 18.9. The zero-order chi connectivity index (χ0) is 41.7. The molecule has 1 atom stereocenters. The molecule has 1 saturated carbocycles. The largest absolute Gasteiger partial charge is 0.488 e. The molecular weight excluding hydrogens is 798 g/mol. The second-order valence-electron chi connectivity index (χ2n) is 14.2. The lowest BCUT2D eigenvalue weighted by Gasteiger charge is -2.41. The molecule has 59 heavy (non-hydrogen) atoms. The van der Waals surface area contributed by atoms with E-state index in [1.807, 2.05) is 36.4 Å². The van der Waals surface area contributed by atoms with E-state index in [0.29, 0.717) is 4.31 Å². The summed E-state index contributed by atoms with van der Waals surface area (Å²) in [5, 5.41) is 0. The number of nitrogens with one attached hydrogen (secondary N) is 1. The van der Waals surface area contributed by atoms with Crippen molar-refractivity contribution in [1.29, 1.82) is 0 Å². The van der Waals surface area contributed by atoms with Crippen molar-refractivity contribution < 1.29 is 49.5 Å². The fourth-order valence-corrected chi connectivity index (χ4v) is 8.80. The van der Waals surface area contributed by atoms with Crippen LogP contribution in [0.15, 0.2) is 96.2 Å². The predicted octanol–water partition coefficient (Wildman–Crippen LogP) is 7.66. The topological polar surface area (TPSA) is 131 Å². The average Bonchev–Trinajstić information content (AvgIpc) is 3.24. The number of carbonyl (C=O) groups is 2. The van der Waals surface area contributed by atoms with E-state index < -0.39 is 68.4 Å². The molecule has 0 radical (unpaired) electrons. The Morgan fingerprint density at radius 3 is 1.98 bits per heavy atom. The van der Waals surface area contributed by atoms with E-state index in [-0.39, 0.29) is 54.8 Å². The third-order valence-corrected chi connectivity index (χ3v) is 12.3. The molecule has 1 aromatic heterocycles. The fourth-order valence-electron chi connectivity index (χ4n) is 7.06. The van der Waals surface area contributed by atoms with E-state index in [1.54, 1.807) is 30.5 Å². The van der Waals surface area contributed by atoms with E-state index in [0.717, 1.165) is 53.8 Å². The number of hydroxylamine groups is 1. The van der Waals surface area contributed by atoms with Gasteiger partial charge in [0.25, 0.3) is 5.91 Å². The van der Waals surface area contributed by atoms with Crippen LogP contribution in [0.3, 0.4) is 0 Å². The minimum Gasteiger partial charge on any atom is -0.488 e. The molecule has 2 amide bonds. The molecule has 11 nitrogen and oxygen atoms in total. The second-order valence-corrected chi connectivity index (χ2v) is 16.0. The van der Waals surface area contributed by atoms with Gasteiger partial charge in [-0.3, -0.25) is 24.4 Å². The molecule has 1 aliphatic carbocycles. The Morgan fingerprint density at radius 1 is 0.763 bits per heavy atom. The SMILES string of the molecule is O=C(NOCc1ccccc1)c1ccc(N(Cc2cnc(C3CCCCC3)cn2)C(=O)C2CCN2S(=O)(=O)c2c(F)c(F)c(F)c(F)c2F)cc1OCc1ccccc1. The summed E-state index contributed by atoms with van der Waals surface area (Å²) in [6.45, 7) is -0.712.